The third-order valence-corrected chi connectivity index (χ3v) is 4.04. The van der Waals surface area contributed by atoms with Crippen LogP contribution in [0.2, 0.25) is 0 Å². The van der Waals surface area contributed by atoms with Gasteiger partial charge in [0.2, 0.25) is 0 Å². The standard InChI is InChI=1S/C21H30O4/c1-5-8-10-16-14-18(21(23)24-4)15-17(11-9-6-2)19(16)12-13-20(22)25-7-3/h12-15H,5-11H2,1-4H3/b13-12+. The molecule has 0 aliphatic heterocycles. The van der Waals surface area contributed by atoms with Crippen LogP contribution in [0.25, 0.3) is 6.08 Å². The predicted octanol–water partition coefficient (Wildman–Crippen LogP) is 4.73. The van der Waals surface area contributed by atoms with Gasteiger partial charge < -0.3 is 9.47 Å². The summed E-state index contributed by atoms with van der Waals surface area (Å²) in [5, 5.41) is 0. The fourth-order valence-electron chi connectivity index (χ4n) is 2.72. The van der Waals surface area contributed by atoms with E-state index >= 15 is 0 Å². The Morgan fingerprint density at radius 1 is 1.00 bits per heavy atom. The summed E-state index contributed by atoms with van der Waals surface area (Å²) in [7, 11) is 1.40. The van der Waals surface area contributed by atoms with E-state index in [-0.39, 0.29) is 11.9 Å². The summed E-state index contributed by atoms with van der Waals surface area (Å²) in [5.41, 5.74) is 3.77. The van der Waals surface area contributed by atoms with Gasteiger partial charge in [0.25, 0.3) is 0 Å². The molecule has 0 saturated heterocycles. The number of ether oxygens (including phenoxy) is 2. The zero-order valence-electron chi connectivity index (χ0n) is 15.9. The lowest BCUT2D eigenvalue weighted by molar-refractivity contribution is -0.137. The zero-order chi connectivity index (χ0) is 18.7. The number of carbonyl (C=O) groups excluding carboxylic acids is 2. The van der Waals surface area contributed by atoms with E-state index < -0.39 is 0 Å². The predicted molar refractivity (Wildman–Crippen MR) is 101 cm³/mol. The first-order chi connectivity index (χ1) is 12.1. The van der Waals surface area contributed by atoms with Gasteiger partial charge in [-0.05, 0) is 67.5 Å². The number of esters is 2. The Kier molecular flexibility index (Phi) is 9.60. The Morgan fingerprint density at radius 3 is 2.00 bits per heavy atom. The van der Waals surface area contributed by atoms with Crippen LogP contribution in [-0.4, -0.2) is 25.7 Å². The van der Waals surface area contributed by atoms with Crippen molar-refractivity contribution in [3.8, 4) is 0 Å². The van der Waals surface area contributed by atoms with E-state index in [9.17, 15) is 9.59 Å². The van der Waals surface area contributed by atoms with Crippen molar-refractivity contribution in [2.24, 2.45) is 0 Å². The molecule has 0 heterocycles. The van der Waals surface area contributed by atoms with Crippen LogP contribution in [0.15, 0.2) is 18.2 Å². The Labute approximate surface area is 151 Å². The molecule has 0 bridgehead atoms. The number of hydrogen-bond donors (Lipinski definition) is 0. The van der Waals surface area contributed by atoms with Gasteiger partial charge in [-0.25, -0.2) is 9.59 Å². The van der Waals surface area contributed by atoms with Gasteiger partial charge in [0.1, 0.15) is 0 Å². The molecule has 0 aromatic heterocycles. The van der Waals surface area contributed by atoms with Gasteiger partial charge in [-0.3, -0.25) is 0 Å². The van der Waals surface area contributed by atoms with Crippen LogP contribution in [0.3, 0.4) is 0 Å². The van der Waals surface area contributed by atoms with E-state index in [4.69, 9.17) is 9.47 Å². The van der Waals surface area contributed by atoms with E-state index in [0.717, 1.165) is 55.2 Å². The van der Waals surface area contributed by atoms with Gasteiger partial charge >= 0.3 is 11.9 Å². The summed E-state index contributed by atoms with van der Waals surface area (Å²) < 4.78 is 9.88. The number of benzene rings is 1. The molecule has 0 aliphatic rings. The van der Waals surface area contributed by atoms with Gasteiger partial charge in [0.05, 0.1) is 19.3 Å². The van der Waals surface area contributed by atoms with Crippen LogP contribution in [0, 0.1) is 0 Å². The largest absolute Gasteiger partial charge is 0.465 e. The van der Waals surface area contributed by atoms with E-state index in [2.05, 4.69) is 13.8 Å². The number of unbranched alkanes of at least 4 members (excludes halogenated alkanes) is 2. The van der Waals surface area contributed by atoms with E-state index in [1.54, 1.807) is 6.92 Å². The zero-order valence-corrected chi connectivity index (χ0v) is 15.9. The fourth-order valence-corrected chi connectivity index (χ4v) is 2.72. The Hall–Kier alpha value is -2.10. The molecule has 0 saturated carbocycles. The highest BCUT2D eigenvalue weighted by Gasteiger charge is 2.14. The molecule has 1 rings (SSSR count). The maximum absolute atomic E-state index is 12.0. The second-order valence-electron chi connectivity index (χ2n) is 5.99. The molecule has 4 nitrogen and oxygen atoms in total. The van der Waals surface area contributed by atoms with Crippen LogP contribution < -0.4 is 0 Å². The van der Waals surface area contributed by atoms with Gasteiger partial charge in [-0.15, -0.1) is 0 Å². The minimum Gasteiger partial charge on any atom is -0.465 e. The van der Waals surface area contributed by atoms with Crippen LogP contribution in [-0.2, 0) is 27.1 Å². The van der Waals surface area contributed by atoms with Gasteiger partial charge in [0, 0.05) is 6.08 Å². The molecule has 0 N–H and O–H groups in total. The van der Waals surface area contributed by atoms with E-state index in [1.807, 2.05) is 18.2 Å². The SMILES string of the molecule is CCCCc1cc(C(=O)OC)cc(CCCC)c1/C=C/C(=O)OCC. The normalized spacial score (nSPS) is 10.9. The summed E-state index contributed by atoms with van der Waals surface area (Å²) >= 11 is 0. The van der Waals surface area contributed by atoms with Gasteiger partial charge in [-0.2, -0.15) is 0 Å². The van der Waals surface area contributed by atoms with E-state index in [1.165, 1.54) is 13.2 Å². The monoisotopic (exact) mass is 346 g/mol. The number of methoxy groups -OCH3 is 1. The number of hydrogen-bond acceptors (Lipinski definition) is 4. The molecule has 0 atom stereocenters. The highest BCUT2D eigenvalue weighted by atomic mass is 16.5. The molecule has 0 spiro atoms. The first-order valence-electron chi connectivity index (χ1n) is 9.16. The highest BCUT2D eigenvalue weighted by Crippen LogP contribution is 2.24. The molecular formula is C21H30O4. The molecule has 1 aromatic carbocycles. The Balaban J connectivity index is 3.33. The minimum absolute atomic E-state index is 0.323. The van der Waals surface area contributed by atoms with E-state index in [0.29, 0.717) is 12.2 Å². The molecular weight excluding hydrogens is 316 g/mol. The van der Waals surface area contributed by atoms with Crippen molar-refractivity contribution < 1.29 is 19.1 Å². The molecule has 4 heteroatoms. The third-order valence-electron chi connectivity index (χ3n) is 4.04. The van der Waals surface area contributed by atoms with Crippen molar-refractivity contribution in [1.82, 2.24) is 0 Å². The Morgan fingerprint density at radius 2 is 1.56 bits per heavy atom. The maximum Gasteiger partial charge on any atom is 0.337 e. The van der Waals surface area contributed by atoms with Crippen molar-refractivity contribution in [2.45, 2.75) is 59.3 Å². The van der Waals surface area contributed by atoms with Crippen LogP contribution in [0.1, 0.15) is 73.5 Å². The van der Waals surface area contributed by atoms with Gasteiger partial charge in [-0.1, -0.05) is 26.7 Å². The number of carbonyl (C=O) groups is 2. The summed E-state index contributed by atoms with van der Waals surface area (Å²) in [5.74, 6) is -0.668. The average molecular weight is 346 g/mol. The van der Waals surface area contributed by atoms with Crippen LogP contribution >= 0.6 is 0 Å². The number of aryl methyl sites for hydroxylation is 2. The molecule has 0 radical (unpaired) electrons. The topological polar surface area (TPSA) is 52.6 Å². The summed E-state index contributed by atoms with van der Waals surface area (Å²) in [4.78, 5) is 23.7. The lowest BCUT2D eigenvalue weighted by Crippen LogP contribution is -2.07. The molecule has 1 aromatic rings. The molecule has 0 amide bonds. The van der Waals surface area contributed by atoms with Crippen molar-refractivity contribution in [1.29, 1.82) is 0 Å². The summed E-state index contributed by atoms with van der Waals surface area (Å²) in [6.07, 6.45) is 9.21. The summed E-state index contributed by atoms with van der Waals surface area (Å²) in [6, 6.07) is 3.78. The second-order valence-corrected chi connectivity index (χ2v) is 5.99. The Bertz CT molecular complexity index is 573. The van der Waals surface area contributed by atoms with Crippen molar-refractivity contribution >= 4 is 18.0 Å². The van der Waals surface area contributed by atoms with Gasteiger partial charge in [0.15, 0.2) is 0 Å². The molecule has 0 unspecified atom stereocenters. The molecule has 138 valence electrons. The van der Waals surface area contributed by atoms with Crippen molar-refractivity contribution in [2.75, 3.05) is 13.7 Å². The lowest BCUT2D eigenvalue weighted by atomic mass is 9.91. The fraction of sp³-hybridized carbons (Fsp3) is 0.524. The quantitative estimate of drug-likeness (QED) is 0.454. The molecule has 25 heavy (non-hydrogen) atoms. The van der Waals surface area contributed by atoms with Crippen molar-refractivity contribution in [3.63, 3.8) is 0 Å². The smallest absolute Gasteiger partial charge is 0.337 e. The first kappa shape index (κ1) is 20.9. The third kappa shape index (κ3) is 6.73. The summed E-state index contributed by atoms with van der Waals surface area (Å²) in [6.45, 7) is 6.42. The average Bonchev–Trinajstić information content (AvgIpc) is 2.62. The number of rotatable bonds is 10. The first-order valence-corrected chi connectivity index (χ1v) is 9.16. The molecule has 0 fully saturated rings. The van der Waals surface area contributed by atoms with Crippen LogP contribution in [0.4, 0.5) is 0 Å². The minimum atomic E-state index is -0.345. The second kappa shape index (κ2) is 11.5. The van der Waals surface area contributed by atoms with Crippen molar-refractivity contribution in [3.05, 3.63) is 40.5 Å². The highest BCUT2D eigenvalue weighted by molar-refractivity contribution is 5.91. The lowest BCUT2D eigenvalue weighted by Gasteiger charge is -2.14. The molecule has 0 aliphatic carbocycles. The van der Waals surface area contributed by atoms with Crippen LogP contribution in [0.5, 0.6) is 0 Å². The maximum atomic E-state index is 12.0.